The molecule has 1 aromatic carbocycles. The monoisotopic (exact) mass is 338 g/mol. The molecule has 0 aliphatic carbocycles. The van der Waals surface area contributed by atoms with E-state index < -0.39 is 0 Å². The molecule has 106 valence electrons. The first-order chi connectivity index (χ1) is 9.61. The minimum atomic E-state index is -0.225. The van der Waals surface area contributed by atoms with Crippen molar-refractivity contribution >= 4 is 15.9 Å². The zero-order chi connectivity index (χ0) is 14.5. The van der Waals surface area contributed by atoms with Crippen LogP contribution in [0.25, 0.3) is 0 Å². The number of hydrogen-bond donors (Lipinski definition) is 1. The van der Waals surface area contributed by atoms with Crippen LogP contribution in [-0.2, 0) is 6.54 Å². The summed E-state index contributed by atoms with van der Waals surface area (Å²) >= 11 is 3.25. The molecule has 0 saturated carbocycles. The molecule has 0 fully saturated rings. The predicted octanol–water partition coefficient (Wildman–Crippen LogP) is 3.84. The molecule has 1 heterocycles. The summed E-state index contributed by atoms with van der Waals surface area (Å²) in [6.07, 6.45) is 1.68. The lowest BCUT2D eigenvalue weighted by Crippen LogP contribution is -2.19. The van der Waals surface area contributed by atoms with E-state index >= 15 is 0 Å². The zero-order valence-corrected chi connectivity index (χ0v) is 12.9. The maximum atomic E-state index is 13.9. The Kier molecular flexibility index (Phi) is 5.09. The van der Waals surface area contributed by atoms with E-state index in [4.69, 9.17) is 4.74 Å². The molecule has 0 radical (unpaired) electrons. The van der Waals surface area contributed by atoms with Crippen molar-refractivity contribution in [3.8, 4) is 5.88 Å². The van der Waals surface area contributed by atoms with Crippen molar-refractivity contribution in [1.29, 1.82) is 0 Å². The summed E-state index contributed by atoms with van der Waals surface area (Å²) in [7, 11) is 1.59. The third kappa shape index (κ3) is 3.55. The minimum Gasteiger partial charge on any atom is -0.481 e. The largest absolute Gasteiger partial charge is 0.481 e. The molecular formula is C15H16BrFN2O. The highest BCUT2D eigenvalue weighted by Crippen LogP contribution is 2.22. The molecule has 0 spiro atoms. The van der Waals surface area contributed by atoms with Gasteiger partial charge in [0.1, 0.15) is 5.82 Å². The quantitative estimate of drug-likeness (QED) is 0.899. The van der Waals surface area contributed by atoms with Crippen LogP contribution in [0.1, 0.15) is 24.1 Å². The first-order valence-corrected chi connectivity index (χ1v) is 7.07. The second-order valence-corrected chi connectivity index (χ2v) is 5.36. The lowest BCUT2D eigenvalue weighted by molar-refractivity contribution is 0.389. The Hall–Kier alpha value is -1.46. The van der Waals surface area contributed by atoms with E-state index in [9.17, 15) is 4.39 Å². The SMILES string of the molecule is COc1ncccc1CNC(C)c1ccc(Br)cc1F. The summed E-state index contributed by atoms with van der Waals surface area (Å²) in [5, 5.41) is 3.27. The number of rotatable bonds is 5. The molecule has 0 bridgehead atoms. The molecule has 20 heavy (non-hydrogen) atoms. The lowest BCUT2D eigenvalue weighted by atomic mass is 10.1. The van der Waals surface area contributed by atoms with E-state index in [1.165, 1.54) is 6.07 Å². The fourth-order valence-corrected chi connectivity index (χ4v) is 2.30. The first kappa shape index (κ1) is 14.9. The van der Waals surface area contributed by atoms with E-state index in [0.717, 1.165) is 10.0 Å². The maximum Gasteiger partial charge on any atom is 0.217 e. The Morgan fingerprint density at radius 2 is 2.20 bits per heavy atom. The van der Waals surface area contributed by atoms with Crippen LogP contribution in [0, 0.1) is 5.82 Å². The van der Waals surface area contributed by atoms with Crippen LogP contribution < -0.4 is 10.1 Å². The van der Waals surface area contributed by atoms with Crippen LogP contribution in [0.3, 0.4) is 0 Å². The van der Waals surface area contributed by atoms with Crippen molar-refractivity contribution in [1.82, 2.24) is 10.3 Å². The van der Waals surface area contributed by atoms with Crippen LogP contribution in [0.5, 0.6) is 5.88 Å². The van der Waals surface area contributed by atoms with Crippen LogP contribution in [0.15, 0.2) is 41.0 Å². The first-order valence-electron chi connectivity index (χ1n) is 6.28. The average Bonchev–Trinajstić information content (AvgIpc) is 2.45. The Morgan fingerprint density at radius 1 is 1.40 bits per heavy atom. The van der Waals surface area contributed by atoms with Crippen LogP contribution in [0.4, 0.5) is 4.39 Å². The molecule has 2 rings (SSSR count). The van der Waals surface area contributed by atoms with Gasteiger partial charge in [0.15, 0.2) is 0 Å². The molecule has 0 amide bonds. The molecule has 2 aromatic rings. The number of methoxy groups -OCH3 is 1. The Bertz CT molecular complexity index is 592. The minimum absolute atomic E-state index is 0.104. The third-order valence-electron chi connectivity index (χ3n) is 3.07. The van der Waals surface area contributed by atoms with Crippen molar-refractivity contribution in [3.63, 3.8) is 0 Å². The van der Waals surface area contributed by atoms with Crippen molar-refractivity contribution in [3.05, 3.63) is 57.9 Å². The second kappa shape index (κ2) is 6.81. The van der Waals surface area contributed by atoms with Gasteiger partial charge >= 0.3 is 0 Å². The highest BCUT2D eigenvalue weighted by atomic mass is 79.9. The van der Waals surface area contributed by atoms with Gasteiger partial charge in [0, 0.05) is 34.4 Å². The molecule has 1 unspecified atom stereocenters. The van der Waals surface area contributed by atoms with Gasteiger partial charge in [-0.2, -0.15) is 0 Å². The number of ether oxygens (including phenoxy) is 1. The number of nitrogens with one attached hydrogen (secondary N) is 1. The fourth-order valence-electron chi connectivity index (χ4n) is 1.97. The molecule has 0 saturated heterocycles. The number of benzene rings is 1. The number of pyridine rings is 1. The molecule has 0 aliphatic rings. The van der Waals surface area contributed by atoms with Gasteiger partial charge in [0.05, 0.1) is 7.11 Å². The third-order valence-corrected chi connectivity index (χ3v) is 3.56. The van der Waals surface area contributed by atoms with E-state index in [2.05, 4.69) is 26.2 Å². The van der Waals surface area contributed by atoms with Gasteiger partial charge in [-0.3, -0.25) is 0 Å². The van der Waals surface area contributed by atoms with Gasteiger partial charge in [0.2, 0.25) is 5.88 Å². The second-order valence-electron chi connectivity index (χ2n) is 4.44. The van der Waals surface area contributed by atoms with Crippen molar-refractivity contribution < 1.29 is 9.13 Å². The van der Waals surface area contributed by atoms with Crippen LogP contribution in [0.2, 0.25) is 0 Å². The lowest BCUT2D eigenvalue weighted by Gasteiger charge is -2.16. The standard InChI is InChI=1S/C15H16BrFN2O/c1-10(13-6-5-12(16)8-14(13)17)19-9-11-4-3-7-18-15(11)20-2/h3-8,10,19H,9H2,1-2H3. The number of aromatic nitrogens is 1. The Labute approximate surface area is 126 Å². The molecule has 1 aromatic heterocycles. The van der Waals surface area contributed by atoms with E-state index in [-0.39, 0.29) is 11.9 Å². The summed E-state index contributed by atoms with van der Waals surface area (Å²) in [6, 6.07) is 8.76. The highest BCUT2D eigenvalue weighted by Gasteiger charge is 2.12. The predicted molar refractivity (Wildman–Crippen MR) is 80.1 cm³/mol. The van der Waals surface area contributed by atoms with Crippen molar-refractivity contribution in [2.24, 2.45) is 0 Å². The van der Waals surface area contributed by atoms with Gasteiger partial charge < -0.3 is 10.1 Å². The Morgan fingerprint density at radius 3 is 2.90 bits per heavy atom. The highest BCUT2D eigenvalue weighted by molar-refractivity contribution is 9.10. The number of hydrogen-bond acceptors (Lipinski definition) is 3. The maximum absolute atomic E-state index is 13.9. The van der Waals surface area contributed by atoms with Crippen LogP contribution in [-0.4, -0.2) is 12.1 Å². The summed E-state index contributed by atoms with van der Waals surface area (Å²) in [5.41, 5.74) is 1.58. The summed E-state index contributed by atoms with van der Waals surface area (Å²) in [6.45, 7) is 2.49. The van der Waals surface area contributed by atoms with Gasteiger partial charge in [0.25, 0.3) is 0 Å². The van der Waals surface area contributed by atoms with Crippen molar-refractivity contribution in [2.75, 3.05) is 7.11 Å². The van der Waals surface area contributed by atoms with Gasteiger partial charge in [-0.1, -0.05) is 28.1 Å². The fraction of sp³-hybridized carbons (Fsp3) is 0.267. The van der Waals surface area contributed by atoms with Crippen LogP contribution >= 0.6 is 15.9 Å². The topological polar surface area (TPSA) is 34.1 Å². The average molecular weight is 339 g/mol. The molecule has 3 nitrogen and oxygen atoms in total. The molecule has 0 aliphatic heterocycles. The van der Waals surface area contributed by atoms with Gasteiger partial charge in [-0.05, 0) is 25.1 Å². The van der Waals surface area contributed by atoms with Gasteiger partial charge in [-0.15, -0.1) is 0 Å². The number of nitrogens with zero attached hydrogens (tertiary/aromatic N) is 1. The summed E-state index contributed by atoms with van der Waals surface area (Å²) in [5.74, 6) is 0.362. The molecule has 1 N–H and O–H groups in total. The van der Waals surface area contributed by atoms with Crippen molar-refractivity contribution in [2.45, 2.75) is 19.5 Å². The summed E-state index contributed by atoms with van der Waals surface area (Å²) in [4.78, 5) is 4.13. The zero-order valence-electron chi connectivity index (χ0n) is 11.4. The van der Waals surface area contributed by atoms with E-state index in [1.54, 1.807) is 19.4 Å². The summed E-state index contributed by atoms with van der Waals surface area (Å²) < 4.78 is 19.8. The van der Waals surface area contributed by atoms with E-state index in [0.29, 0.717) is 18.0 Å². The smallest absolute Gasteiger partial charge is 0.217 e. The number of halogens is 2. The normalized spacial score (nSPS) is 12.2. The Balaban J connectivity index is 2.06. The molecule has 5 heteroatoms. The van der Waals surface area contributed by atoms with Gasteiger partial charge in [-0.25, -0.2) is 9.37 Å². The molecular weight excluding hydrogens is 323 g/mol. The molecule has 1 atom stereocenters. The van der Waals surface area contributed by atoms with E-state index in [1.807, 2.05) is 25.1 Å².